The van der Waals surface area contributed by atoms with Crippen molar-refractivity contribution in [3.05, 3.63) is 69.8 Å². The Morgan fingerprint density at radius 3 is 2.39 bits per heavy atom. The number of carbonyl (C=O) groups excluding carboxylic acids is 2. The first-order valence-electron chi connectivity index (χ1n) is 8.97. The number of amides is 2. The van der Waals surface area contributed by atoms with Crippen molar-refractivity contribution >= 4 is 17.5 Å². The molecule has 0 atom stereocenters. The van der Waals surface area contributed by atoms with Crippen LogP contribution in [0.1, 0.15) is 33.6 Å². The van der Waals surface area contributed by atoms with Crippen molar-refractivity contribution in [2.45, 2.75) is 18.9 Å². The van der Waals surface area contributed by atoms with E-state index in [9.17, 15) is 19.7 Å². The molecule has 0 aliphatic carbocycles. The van der Waals surface area contributed by atoms with Crippen LogP contribution in [0, 0.1) is 10.1 Å². The van der Waals surface area contributed by atoms with Crippen LogP contribution in [-0.4, -0.2) is 47.9 Å². The number of hydrogen-bond donors (Lipinski definition) is 1. The predicted octanol–water partition coefficient (Wildman–Crippen LogP) is 2.64. The fourth-order valence-electron chi connectivity index (χ4n) is 3.23. The molecule has 0 spiro atoms. The lowest BCUT2D eigenvalue weighted by atomic mass is 10.0. The Balaban J connectivity index is 1.60. The van der Waals surface area contributed by atoms with Gasteiger partial charge in [-0.3, -0.25) is 19.7 Å². The molecular weight excluding hydrogens is 362 g/mol. The van der Waals surface area contributed by atoms with Crippen LogP contribution in [0.3, 0.4) is 0 Å². The molecule has 28 heavy (non-hydrogen) atoms. The van der Waals surface area contributed by atoms with Crippen molar-refractivity contribution in [3.8, 4) is 5.75 Å². The first-order chi connectivity index (χ1) is 13.5. The Hall–Kier alpha value is -3.42. The number of benzene rings is 2. The van der Waals surface area contributed by atoms with Gasteiger partial charge in [0.05, 0.1) is 12.0 Å². The van der Waals surface area contributed by atoms with E-state index < -0.39 is 4.92 Å². The number of nitrogens with zero attached hydrogens (tertiary/aromatic N) is 2. The van der Waals surface area contributed by atoms with E-state index in [1.54, 1.807) is 17.0 Å². The average molecular weight is 383 g/mol. The molecule has 1 saturated heterocycles. The average Bonchev–Trinajstić information content (AvgIpc) is 2.73. The largest absolute Gasteiger partial charge is 0.490 e. The second kappa shape index (κ2) is 8.51. The number of piperidine rings is 1. The summed E-state index contributed by atoms with van der Waals surface area (Å²) in [4.78, 5) is 37.2. The number of methoxy groups -OCH3 is 1. The fourth-order valence-corrected chi connectivity index (χ4v) is 3.23. The molecule has 1 aliphatic rings. The molecule has 1 fully saturated rings. The van der Waals surface area contributed by atoms with Gasteiger partial charge >= 0.3 is 5.69 Å². The topological polar surface area (TPSA) is 102 Å². The molecule has 2 amide bonds. The summed E-state index contributed by atoms with van der Waals surface area (Å²) in [6.45, 7) is 0.941. The van der Waals surface area contributed by atoms with Gasteiger partial charge in [0, 0.05) is 36.3 Å². The molecule has 8 heteroatoms. The molecule has 8 nitrogen and oxygen atoms in total. The molecule has 0 radical (unpaired) electrons. The summed E-state index contributed by atoms with van der Waals surface area (Å²) in [5, 5.41) is 14.1. The number of nitrogens with one attached hydrogen (secondary N) is 1. The highest BCUT2D eigenvalue weighted by Crippen LogP contribution is 2.28. The van der Waals surface area contributed by atoms with Gasteiger partial charge in [0.2, 0.25) is 0 Å². The van der Waals surface area contributed by atoms with Crippen molar-refractivity contribution in [2.24, 2.45) is 0 Å². The zero-order valence-corrected chi connectivity index (χ0v) is 15.5. The summed E-state index contributed by atoms with van der Waals surface area (Å²) < 4.78 is 4.97. The second-order valence-corrected chi connectivity index (χ2v) is 6.55. The third-order valence-electron chi connectivity index (χ3n) is 4.78. The molecule has 0 saturated carbocycles. The van der Waals surface area contributed by atoms with Crippen LogP contribution in [0.15, 0.2) is 48.5 Å². The van der Waals surface area contributed by atoms with Gasteiger partial charge in [-0.25, -0.2) is 0 Å². The van der Waals surface area contributed by atoms with Gasteiger partial charge in [-0.05, 0) is 37.1 Å². The molecule has 2 aromatic rings. The lowest BCUT2D eigenvalue weighted by Gasteiger charge is -2.32. The Kier molecular flexibility index (Phi) is 5.88. The molecule has 0 aromatic heterocycles. The lowest BCUT2D eigenvalue weighted by molar-refractivity contribution is -0.385. The monoisotopic (exact) mass is 383 g/mol. The highest BCUT2D eigenvalue weighted by Gasteiger charge is 2.26. The molecule has 1 N–H and O–H groups in total. The van der Waals surface area contributed by atoms with Gasteiger partial charge < -0.3 is 15.0 Å². The molecule has 0 unspecified atom stereocenters. The fraction of sp³-hybridized carbons (Fsp3) is 0.300. The first kappa shape index (κ1) is 19.3. The van der Waals surface area contributed by atoms with Gasteiger partial charge in [0.25, 0.3) is 11.8 Å². The van der Waals surface area contributed by atoms with E-state index in [-0.39, 0.29) is 34.9 Å². The number of carbonyl (C=O) groups is 2. The molecule has 1 heterocycles. The number of ether oxygens (including phenoxy) is 1. The van der Waals surface area contributed by atoms with E-state index in [2.05, 4.69) is 5.32 Å². The van der Waals surface area contributed by atoms with Crippen LogP contribution >= 0.6 is 0 Å². The molecular formula is C20H21N3O5. The van der Waals surface area contributed by atoms with E-state index >= 15 is 0 Å². The van der Waals surface area contributed by atoms with Crippen LogP contribution < -0.4 is 10.1 Å². The van der Waals surface area contributed by atoms with Crippen molar-refractivity contribution < 1.29 is 19.2 Å². The highest BCUT2D eigenvalue weighted by atomic mass is 16.6. The lowest BCUT2D eigenvalue weighted by Crippen LogP contribution is -2.46. The Labute approximate surface area is 162 Å². The summed E-state index contributed by atoms with van der Waals surface area (Å²) in [5.74, 6) is -0.279. The van der Waals surface area contributed by atoms with E-state index in [0.29, 0.717) is 31.5 Å². The number of rotatable bonds is 5. The first-order valence-corrected chi connectivity index (χ1v) is 8.97. The van der Waals surface area contributed by atoms with Crippen LogP contribution in [0.5, 0.6) is 5.75 Å². The second-order valence-electron chi connectivity index (χ2n) is 6.55. The molecule has 0 bridgehead atoms. The number of nitro benzene ring substituents is 1. The number of nitro groups is 1. The quantitative estimate of drug-likeness (QED) is 0.632. The van der Waals surface area contributed by atoms with Gasteiger partial charge in [0.1, 0.15) is 0 Å². The minimum absolute atomic E-state index is 0.0121. The summed E-state index contributed by atoms with van der Waals surface area (Å²) in [7, 11) is 1.35. The molecule has 2 aromatic carbocycles. The summed E-state index contributed by atoms with van der Waals surface area (Å²) >= 11 is 0. The number of likely N-dealkylation sites (tertiary alicyclic amines) is 1. The normalized spacial score (nSPS) is 14.4. The highest BCUT2D eigenvalue weighted by molar-refractivity contribution is 5.95. The zero-order chi connectivity index (χ0) is 20.1. The van der Waals surface area contributed by atoms with Crippen LogP contribution in [0.25, 0.3) is 0 Å². The summed E-state index contributed by atoms with van der Waals surface area (Å²) in [5.41, 5.74) is 0.615. The third-order valence-corrected chi connectivity index (χ3v) is 4.78. The third kappa shape index (κ3) is 4.28. The van der Waals surface area contributed by atoms with Gasteiger partial charge in [-0.2, -0.15) is 0 Å². The minimum atomic E-state index is -0.568. The minimum Gasteiger partial charge on any atom is -0.490 e. The molecule has 146 valence electrons. The molecule has 3 rings (SSSR count). The Morgan fingerprint density at radius 1 is 1.11 bits per heavy atom. The Morgan fingerprint density at radius 2 is 1.79 bits per heavy atom. The van der Waals surface area contributed by atoms with E-state index in [1.165, 1.54) is 25.3 Å². The van der Waals surface area contributed by atoms with Crippen LogP contribution in [-0.2, 0) is 0 Å². The van der Waals surface area contributed by atoms with Crippen molar-refractivity contribution in [3.63, 3.8) is 0 Å². The van der Waals surface area contributed by atoms with Gasteiger partial charge in [-0.15, -0.1) is 0 Å². The van der Waals surface area contributed by atoms with E-state index in [4.69, 9.17) is 4.74 Å². The zero-order valence-electron chi connectivity index (χ0n) is 15.5. The SMILES string of the molecule is COc1ccc(C(=O)N2CCC(NC(=O)c3ccccc3)CC2)cc1[N+](=O)[O-]. The van der Waals surface area contributed by atoms with Crippen molar-refractivity contribution in [1.82, 2.24) is 10.2 Å². The summed E-state index contributed by atoms with van der Waals surface area (Å²) in [6.07, 6.45) is 1.26. The number of hydrogen-bond acceptors (Lipinski definition) is 5. The van der Waals surface area contributed by atoms with E-state index in [0.717, 1.165) is 0 Å². The maximum Gasteiger partial charge on any atom is 0.311 e. The smallest absolute Gasteiger partial charge is 0.311 e. The van der Waals surface area contributed by atoms with Crippen molar-refractivity contribution in [2.75, 3.05) is 20.2 Å². The maximum absolute atomic E-state index is 12.7. The Bertz CT molecular complexity index is 877. The van der Waals surface area contributed by atoms with E-state index in [1.807, 2.05) is 18.2 Å². The predicted molar refractivity (Wildman–Crippen MR) is 102 cm³/mol. The van der Waals surface area contributed by atoms with Crippen LogP contribution in [0.4, 0.5) is 5.69 Å². The summed E-state index contributed by atoms with van der Waals surface area (Å²) in [6, 6.07) is 13.2. The molecule has 1 aliphatic heterocycles. The standard InChI is InChI=1S/C20H21N3O5/c1-28-18-8-7-15(13-17(18)23(26)27)20(25)22-11-9-16(10-12-22)21-19(24)14-5-3-2-4-6-14/h2-8,13,16H,9-12H2,1H3,(H,21,24). The van der Waals surface area contributed by atoms with Crippen molar-refractivity contribution in [1.29, 1.82) is 0 Å². The van der Waals surface area contributed by atoms with Gasteiger partial charge in [0.15, 0.2) is 5.75 Å². The van der Waals surface area contributed by atoms with Crippen LogP contribution in [0.2, 0.25) is 0 Å². The maximum atomic E-state index is 12.7. The van der Waals surface area contributed by atoms with Gasteiger partial charge in [-0.1, -0.05) is 18.2 Å².